The van der Waals surface area contributed by atoms with Crippen LogP contribution in [0.4, 0.5) is 18.9 Å². The van der Waals surface area contributed by atoms with Gasteiger partial charge in [-0.3, -0.25) is 15.0 Å². The van der Waals surface area contributed by atoms with Gasteiger partial charge in [0.15, 0.2) is 0 Å². The molecule has 0 radical (unpaired) electrons. The number of hydroxylamine groups is 2. The summed E-state index contributed by atoms with van der Waals surface area (Å²) < 4.78 is 41.3. The highest BCUT2D eigenvalue weighted by atomic mass is 19.4. The number of amidine groups is 1. The van der Waals surface area contributed by atoms with Crippen molar-refractivity contribution in [2.45, 2.75) is 37.9 Å². The van der Waals surface area contributed by atoms with Gasteiger partial charge in [0, 0.05) is 37.7 Å². The maximum absolute atomic E-state index is 13.8. The first kappa shape index (κ1) is 29.6. The number of anilines is 1. The SMILES string of the molecule is N=C(c1cccc(/C=C/CN(C(=O)CCC(=O)O)c2cccc(O)c2C(F)(F)F)c1)N1CC(=O)ON2CCC1CC2. The molecule has 3 heterocycles. The van der Waals surface area contributed by atoms with Crippen molar-refractivity contribution >= 4 is 35.4 Å². The molecule has 0 unspecified atom stereocenters. The lowest BCUT2D eigenvalue weighted by Gasteiger charge is -2.41. The van der Waals surface area contributed by atoms with Crippen molar-refractivity contribution in [3.05, 3.63) is 65.2 Å². The van der Waals surface area contributed by atoms with Crippen molar-refractivity contribution in [2.24, 2.45) is 0 Å². The Hall–Kier alpha value is -4.39. The maximum atomic E-state index is 13.8. The summed E-state index contributed by atoms with van der Waals surface area (Å²) in [4.78, 5) is 43.9. The van der Waals surface area contributed by atoms with E-state index in [9.17, 15) is 32.7 Å². The number of hydrogen-bond acceptors (Lipinski definition) is 7. The molecule has 1 amide bonds. The fourth-order valence-electron chi connectivity index (χ4n) is 4.92. The third-order valence-corrected chi connectivity index (χ3v) is 6.89. The van der Waals surface area contributed by atoms with E-state index in [1.807, 2.05) is 0 Å². The van der Waals surface area contributed by atoms with Gasteiger partial charge in [-0.15, -0.1) is 5.06 Å². The number of hydrogen-bond donors (Lipinski definition) is 3. The normalized spacial score (nSPS) is 19.0. The Labute approximate surface area is 233 Å². The van der Waals surface area contributed by atoms with Gasteiger partial charge in [0.05, 0.1) is 12.1 Å². The van der Waals surface area contributed by atoms with Gasteiger partial charge < -0.3 is 24.9 Å². The zero-order valence-corrected chi connectivity index (χ0v) is 21.9. The van der Waals surface area contributed by atoms with Gasteiger partial charge in [0.25, 0.3) is 0 Å². The lowest BCUT2D eigenvalue weighted by atomic mass is 10.0. The van der Waals surface area contributed by atoms with Crippen molar-refractivity contribution in [3.63, 3.8) is 0 Å². The van der Waals surface area contributed by atoms with Crippen molar-refractivity contribution in [3.8, 4) is 5.75 Å². The van der Waals surface area contributed by atoms with E-state index < -0.39 is 53.9 Å². The molecule has 0 saturated carbocycles. The van der Waals surface area contributed by atoms with Gasteiger partial charge >= 0.3 is 18.1 Å². The number of nitrogens with zero attached hydrogens (tertiary/aromatic N) is 3. The van der Waals surface area contributed by atoms with Gasteiger partial charge in [-0.1, -0.05) is 36.4 Å². The summed E-state index contributed by atoms with van der Waals surface area (Å²) in [5, 5.41) is 29.3. The lowest BCUT2D eigenvalue weighted by Crippen LogP contribution is -2.53. The molecule has 13 heteroatoms. The molecular weight excluding hydrogens is 545 g/mol. The summed E-state index contributed by atoms with van der Waals surface area (Å²) in [6, 6.07) is 9.86. The number of carboxylic acid groups (broad SMARTS) is 1. The van der Waals surface area contributed by atoms with Crippen LogP contribution in [0.25, 0.3) is 6.08 Å². The molecule has 3 fully saturated rings. The highest BCUT2D eigenvalue weighted by molar-refractivity contribution is 5.99. The highest BCUT2D eigenvalue weighted by Gasteiger charge is 2.39. The van der Waals surface area contributed by atoms with Crippen LogP contribution in [0.3, 0.4) is 0 Å². The van der Waals surface area contributed by atoms with E-state index >= 15 is 0 Å². The molecule has 3 N–H and O–H groups in total. The fraction of sp³-hybridized carbons (Fsp3) is 0.357. The van der Waals surface area contributed by atoms with Gasteiger partial charge in [-0.25, -0.2) is 4.79 Å². The van der Waals surface area contributed by atoms with Crippen molar-refractivity contribution in [1.29, 1.82) is 5.41 Å². The zero-order valence-electron chi connectivity index (χ0n) is 21.9. The molecule has 2 aromatic rings. The standard InChI is InChI=1S/C28H29F3N4O6/c29-28(30,31)26-21(7-2-8-22(26)36)34(23(37)9-10-24(38)39)13-3-5-18-4-1-6-19(16-18)27(32)35-17-25(40)41-33-14-11-20(35)12-15-33/h1-8,16,20,32,36H,9-15,17H2,(H,38,39)/b5-3+,32-27?. The number of alkyl halides is 3. The highest BCUT2D eigenvalue weighted by Crippen LogP contribution is 2.42. The quantitative estimate of drug-likeness (QED) is 0.320. The minimum Gasteiger partial charge on any atom is -0.507 e. The number of phenolic OH excluding ortho intramolecular Hbond substituents is 1. The number of phenols is 1. The number of carbonyl (C=O) groups is 3. The van der Waals surface area contributed by atoms with Crippen LogP contribution in [-0.4, -0.2) is 76.1 Å². The Morgan fingerprint density at radius 2 is 1.83 bits per heavy atom. The number of piperidine rings is 1. The molecule has 10 nitrogen and oxygen atoms in total. The van der Waals surface area contributed by atoms with Crippen molar-refractivity contribution in [2.75, 3.05) is 31.1 Å². The van der Waals surface area contributed by atoms with Crippen molar-refractivity contribution in [1.82, 2.24) is 9.96 Å². The van der Waals surface area contributed by atoms with Crippen LogP contribution in [-0.2, 0) is 25.4 Å². The second kappa shape index (κ2) is 12.4. The summed E-state index contributed by atoms with van der Waals surface area (Å²) in [6.45, 7) is 0.752. The molecule has 2 bridgehead atoms. The predicted molar refractivity (Wildman–Crippen MR) is 142 cm³/mol. The Kier molecular flexibility index (Phi) is 8.96. The summed E-state index contributed by atoms with van der Waals surface area (Å²) in [5.74, 6) is -3.51. The number of carbonyl (C=O) groups excluding carboxylic acids is 2. The molecule has 2 aromatic carbocycles. The van der Waals surface area contributed by atoms with E-state index in [0.29, 0.717) is 24.2 Å². The monoisotopic (exact) mass is 574 g/mol. The van der Waals surface area contributed by atoms with Crippen LogP contribution in [0.15, 0.2) is 48.5 Å². The predicted octanol–water partition coefficient (Wildman–Crippen LogP) is 3.89. The number of benzene rings is 2. The van der Waals surface area contributed by atoms with E-state index in [1.54, 1.807) is 40.3 Å². The number of halogens is 3. The van der Waals surface area contributed by atoms with E-state index in [0.717, 1.165) is 29.9 Å². The van der Waals surface area contributed by atoms with Crippen molar-refractivity contribution < 1.29 is 42.6 Å². The summed E-state index contributed by atoms with van der Waals surface area (Å²) in [5.41, 5.74) is -0.889. The van der Waals surface area contributed by atoms with Gasteiger partial charge in [-0.05, 0) is 36.6 Å². The molecule has 5 rings (SSSR count). The topological polar surface area (TPSA) is 134 Å². The van der Waals surface area contributed by atoms with E-state index in [-0.39, 0.29) is 25.0 Å². The number of rotatable bonds is 8. The Bertz CT molecular complexity index is 1350. The molecule has 0 aromatic heterocycles. The summed E-state index contributed by atoms with van der Waals surface area (Å²) >= 11 is 0. The van der Waals surface area contributed by atoms with Gasteiger partial charge in [0.2, 0.25) is 5.91 Å². The molecule has 3 saturated heterocycles. The summed E-state index contributed by atoms with van der Waals surface area (Å²) in [6.07, 6.45) is -1.63. The fourth-order valence-corrected chi connectivity index (χ4v) is 4.92. The van der Waals surface area contributed by atoms with E-state index in [4.69, 9.17) is 15.4 Å². The zero-order chi connectivity index (χ0) is 29.7. The molecule has 0 aliphatic carbocycles. The average molecular weight is 575 g/mol. The van der Waals surface area contributed by atoms with Crippen LogP contribution >= 0.6 is 0 Å². The molecular formula is C28H29F3N4O6. The van der Waals surface area contributed by atoms with E-state index in [2.05, 4.69) is 0 Å². The Morgan fingerprint density at radius 3 is 2.51 bits per heavy atom. The Morgan fingerprint density at radius 1 is 1.12 bits per heavy atom. The number of fused-ring (bicyclic) bond motifs is 5. The van der Waals surface area contributed by atoms with Gasteiger partial charge in [-0.2, -0.15) is 13.2 Å². The number of nitrogens with one attached hydrogen (secondary N) is 1. The number of amides is 1. The second-order valence-electron chi connectivity index (χ2n) is 9.69. The lowest BCUT2D eigenvalue weighted by molar-refractivity contribution is -0.204. The first-order valence-corrected chi connectivity index (χ1v) is 12.9. The van der Waals surface area contributed by atoms with Crippen LogP contribution < -0.4 is 4.90 Å². The van der Waals surface area contributed by atoms with E-state index in [1.165, 1.54) is 12.1 Å². The molecule has 3 aliphatic heterocycles. The van der Waals surface area contributed by atoms with Gasteiger partial charge in [0.1, 0.15) is 23.7 Å². The Balaban J connectivity index is 1.56. The average Bonchev–Trinajstić information content (AvgIpc) is 2.91. The largest absolute Gasteiger partial charge is 0.507 e. The first-order valence-electron chi connectivity index (χ1n) is 12.9. The summed E-state index contributed by atoms with van der Waals surface area (Å²) in [7, 11) is 0. The molecule has 0 spiro atoms. The minimum atomic E-state index is -4.97. The number of aliphatic carboxylic acids is 1. The van der Waals surface area contributed by atoms with Crippen LogP contribution in [0.5, 0.6) is 5.75 Å². The second-order valence-corrected chi connectivity index (χ2v) is 9.69. The first-order chi connectivity index (χ1) is 19.4. The third kappa shape index (κ3) is 7.23. The smallest absolute Gasteiger partial charge is 0.421 e. The molecule has 0 atom stereocenters. The number of carboxylic acids is 1. The third-order valence-electron chi connectivity index (χ3n) is 6.89. The molecule has 218 valence electrons. The molecule has 3 aliphatic rings. The van der Waals surface area contributed by atoms with Crippen LogP contribution in [0.2, 0.25) is 0 Å². The van der Waals surface area contributed by atoms with Crippen LogP contribution in [0, 0.1) is 5.41 Å². The van der Waals surface area contributed by atoms with Crippen LogP contribution in [0.1, 0.15) is 42.4 Å². The number of aromatic hydroxyl groups is 1. The minimum absolute atomic E-state index is 0.00119. The maximum Gasteiger partial charge on any atom is 0.421 e. The molecule has 41 heavy (non-hydrogen) atoms.